The van der Waals surface area contributed by atoms with Crippen LogP contribution in [0.25, 0.3) is 5.69 Å². The van der Waals surface area contributed by atoms with Crippen LogP contribution in [0.3, 0.4) is 0 Å². The number of hydrogen-bond acceptors (Lipinski definition) is 3. The highest BCUT2D eigenvalue weighted by Gasteiger charge is 2.05. The van der Waals surface area contributed by atoms with Gasteiger partial charge in [-0.25, -0.2) is 4.68 Å². The minimum absolute atomic E-state index is 0.289. The van der Waals surface area contributed by atoms with Gasteiger partial charge in [0.25, 0.3) is 0 Å². The molecule has 84 valence electrons. The van der Waals surface area contributed by atoms with E-state index in [2.05, 4.69) is 29.2 Å². The first-order valence-corrected chi connectivity index (χ1v) is 5.50. The number of nitrogens with one attached hydrogen (secondary N) is 1. The summed E-state index contributed by atoms with van der Waals surface area (Å²) in [5.74, 6) is 0. The molecule has 2 aromatic rings. The summed E-state index contributed by atoms with van der Waals surface area (Å²) in [4.78, 5) is 4.43. The Hall–Kier alpha value is -1.68. The van der Waals surface area contributed by atoms with Crippen molar-refractivity contribution in [1.29, 1.82) is 0 Å². The van der Waals surface area contributed by atoms with Crippen LogP contribution in [0.15, 0.2) is 36.8 Å². The molecule has 0 aliphatic heterocycles. The maximum atomic E-state index is 4.43. The number of aromatic nitrogens is 3. The summed E-state index contributed by atoms with van der Waals surface area (Å²) in [7, 11) is 0. The molecule has 4 heteroatoms. The maximum absolute atomic E-state index is 4.43. The Morgan fingerprint density at radius 1 is 1.44 bits per heavy atom. The van der Waals surface area contributed by atoms with Crippen LogP contribution in [0.1, 0.15) is 25.6 Å². The van der Waals surface area contributed by atoms with Crippen molar-refractivity contribution in [3.63, 3.8) is 0 Å². The molecule has 0 aliphatic rings. The Balaban J connectivity index is 2.16. The van der Waals surface area contributed by atoms with Crippen molar-refractivity contribution in [2.45, 2.75) is 19.9 Å². The van der Waals surface area contributed by atoms with Gasteiger partial charge < -0.3 is 5.32 Å². The molecule has 0 amide bonds. The summed E-state index contributed by atoms with van der Waals surface area (Å²) in [5.41, 5.74) is 2.04. The average Bonchev–Trinajstić information content (AvgIpc) is 2.83. The molecule has 0 aromatic carbocycles. The van der Waals surface area contributed by atoms with Gasteiger partial charge in [0.05, 0.1) is 17.6 Å². The second-order valence-electron chi connectivity index (χ2n) is 3.67. The lowest BCUT2D eigenvalue weighted by Crippen LogP contribution is -2.18. The Morgan fingerprint density at radius 3 is 2.88 bits per heavy atom. The van der Waals surface area contributed by atoms with E-state index in [-0.39, 0.29) is 6.04 Å². The van der Waals surface area contributed by atoms with Gasteiger partial charge in [-0.2, -0.15) is 5.10 Å². The van der Waals surface area contributed by atoms with Gasteiger partial charge in [-0.3, -0.25) is 4.98 Å². The first-order valence-electron chi connectivity index (χ1n) is 5.50. The molecule has 1 N–H and O–H groups in total. The summed E-state index contributed by atoms with van der Waals surface area (Å²) < 4.78 is 1.80. The smallest absolute Gasteiger partial charge is 0.0828 e. The van der Waals surface area contributed by atoms with Crippen molar-refractivity contribution in [2.24, 2.45) is 0 Å². The largest absolute Gasteiger partial charge is 0.309 e. The fourth-order valence-electron chi connectivity index (χ4n) is 1.62. The SMILES string of the molecule is CCNC(C)c1ccc(-n2cccn2)cn1. The van der Waals surface area contributed by atoms with E-state index in [0.29, 0.717) is 0 Å². The molecule has 1 atom stereocenters. The van der Waals surface area contributed by atoms with Gasteiger partial charge in [-0.05, 0) is 31.7 Å². The molecule has 0 bridgehead atoms. The van der Waals surface area contributed by atoms with Crippen LogP contribution in [0, 0.1) is 0 Å². The molecule has 16 heavy (non-hydrogen) atoms. The summed E-state index contributed by atoms with van der Waals surface area (Å²) in [6.07, 6.45) is 5.51. The van der Waals surface area contributed by atoms with E-state index in [4.69, 9.17) is 0 Å². The molecule has 0 saturated carbocycles. The van der Waals surface area contributed by atoms with Crippen molar-refractivity contribution in [1.82, 2.24) is 20.1 Å². The number of rotatable bonds is 4. The Bertz CT molecular complexity index is 419. The fraction of sp³-hybridized carbons (Fsp3) is 0.333. The van der Waals surface area contributed by atoms with Crippen molar-refractivity contribution in [3.05, 3.63) is 42.5 Å². The van der Waals surface area contributed by atoms with Gasteiger partial charge in [0, 0.05) is 18.4 Å². The minimum Gasteiger partial charge on any atom is -0.309 e. The predicted octanol–water partition coefficient (Wildman–Crippen LogP) is 1.94. The summed E-state index contributed by atoms with van der Waals surface area (Å²) in [6, 6.07) is 6.25. The number of pyridine rings is 1. The van der Waals surface area contributed by atoms with E-state index in [0.717, 1.165) is 17.9 Å². The highest BCUT2D eigenvalue weighted by Crippen LogP contribution is 2.11. The molecule has 1 unspecified atom stereocenters. The molecule has 2 aromatic heterocycles. The van der Waals surface area contributed by atoms with Crippen molar-refractivity contribution < 1.29 is 0 Å². The lowest BCUT2D eigenvalue weighted by molar-refractivity contribution is 0.583. The predicted molar refractivity (Wildman–Crippen MR) is 63.5 cm³/mol. The summed E-state index contributed by atoms with van der Waals surface area (Å²) in [5, 5.41) is 7.49. The van der Waals surface area contributed by atoms with Gasteiger partial charge in [0.1, 0.15) is 0 Å². The van der Waals surface area contributed by atoms with Crippen molar-refractivity contribution in [3.8, 4) is 5.69 Å². The normalized spacial score (nSPS) is 12.6. The molecule has 2 rings (SSSR count). The van der Waals surface area contributed by atoms with Crippen LogP contribution in [0.5, 0.6) is 0 Å². The second-order valence-corrected chi connectivity index (χ2v) is 3.67. The van der Waals surface area contributed by atoms with E-state index in [9.17, 15) is 0 Å². The van der Waals surface area contributed by atoms with Crippen LogP contribution in [-0.2, 0) is 0 Å². The van der Waals surface area contributed by atoms with Crippen molar-refractivity contribution in [2.75, 3.05) is 6.54 Å². The zero-order valence-electron chi connectivity index (χ0n) is 9.59. The van der Waals surface area contributed by atoms with E-state index >= 15 is 0 Å². The average molecular weight is 216 g/mol. The molecule has 0 aliphatic carbocycles. The third-order valence-electron chi connectivity index (χ3n) is 2.49. The van der Waals surface area contributed by atoms with E-state index in [1.807, 2.05) is 30.6 Å². The zero-order chi connectivity index (χ0) is 11.4. The molecule has 2 heterocycles. The molecule has 0 fully saturated rings. The van der Waals surface area contributed by atoms with E-state index in [1.54, 1.807) is 10.9 Å². The van der Waals surface area contributed by atoms with Crippen molar-refractivity contribution >= 4 is 0 Å². The molecule has 0 radical (unpaired) electrons. The first-order chi connectivity index (χ1) is 7.81. The highest BCUT2D eigenvalue weighted by molar-refractivity contribution is 5.29. The Kier molecular flexibility index (Phi) is 3.31. The summed E-state index contributed by atoms with van der Waals surface area (Å²) >= 11 is 0. The van der Waals surface area contributed by atoms with Crippen LogP contribution in [0.4, 0.5) is 0 Å². The highest BCUT2D eigenvalue weighted by atomic mass is 15.3. The van der Waals surface area contributed by atoms with Crippen LogP contribution in [-0.4, -0.2) is 21.3 Å². The third kappa shape index (κ3) is 2.28. The van der Waals surface area contributed by atoms with Crippen LogP contribution in [0.2, 0.25) is 0 Å². The second kappa shape index (κ2) is 4.90. The standard InChI is InChI=1S/C12H16N4/c1-3-13-10(2)12-6-5-11(9-14-12)16-8-4-7-15-16/h4-10,13H,3H2,1-2H3. The van der Waals surface area contributed by atoms with Gasteiger partial charge in [-0.15, -0.1) is 0 Å². The molecule has 0 saturated heterocycles. The lowest BCUT2D eigenvalue weighted by atomic mass is 10.2. The topological polar surface area (TPSA) is 42.7 Å². The van der Waals surface area contributed by atoms with Crippen LogP contribution < -0.4 is 5.32 Å². The van der Waals surface area contributed by atoms with E-state index in [1.165, 1.54) is 0 Å². The number of hydrogen-bond donors (Lipinski definition) is 1. The Morgan fingerprint density at radius 2 is 2.31 bits per heavy atom. The van der Waals surface area contributed by atoms with E-state index < -0.39 is 0 Å². The minimum atomic E-state index is 0.289. The monoisotopic (exact) mass is 216 g/mol. The van der Waals surface area contributed by atoms with Gasteiger partial charge in [-0.1, -0.05) is 6.92 Å². The Labute approximate surface area is 95.3 Å². The van der Waals surface area contributed by atoms with Gasteiger partial charge >= 0.3 is 0 Å². The zero-order valence-corrected chi connectivity index (χ0v) is 9.59. The maximum Gasteiger partial charge on any atom is 0.0828 e. The summed E-state index contributed by atoms with van der Waals surface area (Å²) in [6.45, 7) is 5.15. The molecule has 4 nitrogen and oxygen atoms in total. The van der Waals surface area contributed by atoms with Crippen LogP contribution >= 0.6 is 0 Å². The molecular weight excluding hydrogens is 200 g/mol. The fourth-order valence-corrected chi connectivity index (χ4v) is 1.62. The first kappa shape index (κ1) is 10.8. The molecular formula is C12H16N4. The molecule has 0 spiro atoms. The third-order valence-corrected chi connectivity index (χ3v) is 2.49. The van der Waals surface area contributed by atoms with Gasteiger partial charge in [0.15, 0.2) is 0 Å². The quantitative estimate of drug-likeness (QED) is 0.849. The lowest BCUT2D eigenvalue weighted by Gasteiger charge is -2.11. The van der Waals surface area contributed by atoms with Gasteiger partial charge in [0.2, 0.25) is 0 Å². The number of nitrogens with zero attached hydrogens (tertiary/aromatic N) is 3.